The molecule has 3 N–H and O–H groups in total. The average molecular weight is 631 g/mol. The SMILES string of the molecule is CC1c2cc(O)c(O)cc2CCN1CCCC(CCCNC(=O)CCc1ccc(F)cc1)(c1ccccc1)c1ccccc1.Cl. The molecule has 0 saturated heterocycles. The lowest BCUT2D eigenvalue weighted by molar-refractivity contribution is -0.121. The van der Waals surface area contributed by atoms with Crippen LogP contribution in [-0.4, -0.2) is 40.7 Å². The summed E-state index contributed by atoms with van der Waals surface area (Å²) < 4.78 is 13.2. The van der Waals surface area contributed by atoms with Gasteiger partial charge in [0.1, 0.15) is 5.82 Å². The van der Waals surface area contributed by atoms with Crippen molar-refractivity contribution in [1.29, 1.82) is 0 Å². The second kappa shape index (κ2) is 15.9. The molecule has 4 aromatic carbocycles. The van der Waals surface area contributed by atoms with Gasteiger partial charge in [-0.3, -0.25) is 9.69 Å². The highest BCUT2D eigenvalue weighted by Gasteiger charge is 2.34. The smallest absolute Gasteiger partial charge is 0.220 e. The molecule has 1 amide bonds. The van der Waals surface area contributed by atoms with Gasteiger partial charge in [-0.2, -0.15) is 0 Å². The molecule has 0 aromatic heterocycles. The molecule has 7 heteroatoms. The number of nitrogens with zero attached hydrogens (tertiary/aromatic N) is 1. The highest BCUT2D eigenvalue weighted by atomic mass is 35.5. The van der Waals surface area contributed by atoms with Crippen molar-refractivity contribution in [1.82, 2.24) is 10.2 Å². The predicted molar refractivity (Wildman–Crippen MR) is 181 cm³/mol. The number of amides is 1. The number of hydrogen-bond acceptors (Lipinski definition) is 4. The summed E-state index contributed by atoms with van der Waals surface area (Å²) >= 11 is 0. The van der Waals surface area contributed by atoms with Gasteiger partial charge in [-0.25, -0.2) is 4.39 Å². The minimum atomic E-state index is -0.268. The number of nitrogens with one attached hydrogen (secondary N) is 1. The van der Waals surface area contributed by atoms with Gasteiger partial charge in [-0.15, -0.1) is 12.4 Å². The number of rotatable bonds is 13. The first-order chi connectivity index (χ1) is 21.4. The van der Waals surface area contributed by atoms with E-state index in [0.29, 0.717) is 19.4 Å². The zero-order valence-corrected chi connectivity index (χ0v) is 26.7. The lowest BCUT2D eigenvalue weighted by Gasteiger charge is -2.39. The minimum Gasteiger partial charge on any atom is -0.504 e. The monoisotopic (exact) mass is 630 g/mol. The summed E-state index contributed by atoms with van der Waals surface area (Å²) in [5.41, 5.74) is 5.50. The number of carbonyl (C=O) groups is 1. The van der Waals surface area contributed by atoms with Crippen molar-refractivity contribution in [2.45, 2.75) is 63.3 Å². The van der Waals surface area contributed by atoms with E-state index in [1.165, 1.54) is 23.3 Å². The molecular formula is C38H44ClFN2O3. The fraction of sp³-hybridized carbons (Fsp3) is 0.342. The Morgan fingerprint density at radius 1 is 0.889 bits per heavy atom. The summed E-state index contributed by atoms with van der Waals surface area (Å²) in [5.74, 6) is -0.370. The Morgan fingerprint density at radius 3 is 2.13 bits per heavy atom. The molecule has 5 rings (SSSR count). The molecule has 4 aromatic rings. The third kappa shape index (κ3) is 8.44. The van der Waals surface area contributed by atoms with E-state index in [2.05, 4.69) is 77.8 Å². The van der Waals surface area contributed by atoms with E-state index in [9.17, 15) is 19.4 Å². The van der Waals surface area contributed by atoms with Crippen molar-refractivity contribution in [3.05, 3.63) is 131 Å². The van der Waals surface area contributed by atoms with Crippen LogP contribution in [0.1, 0.15) is 72.9 Å². The van der Waals surface area contributed by atoms with Gasteiger partial charge in [-0.1, -0.05) is 72.8 Å². The van der Waals surface area contributed by atoms with Gasteiger partial charge >= 0.3 is 0 Å². The van der Waals surface area contributed by atoms with Gasteiger partial charge in [0.2, 0.25) is 5.91 Å². The standard InChI is InChI=1S/C38H43FN2O3.ClH/c1-28-34-27-36(43)35(42)26-30(34)20-25-41(28)24-9-22-38(31-10-4-2-5-11-31,32-12-6-3-7-13-32)21-8-23-40-37(44)19-16-29-14-17-33(39)18-15-29;/h2-7,10-15,17-18,26-28,42-43H,8-9,16,19-25H2,1H3,(H,40,44);1H. The number of phenols is 2. The van der Waals surface area contributed by atoms with Gasteiger partial charge < -0.3 is 15.5 Å². The normalized spacial score (nSPS) is 14.8. The number of halogens is 2. The van der Waals surface area contributed by atoms with E-state index in [4.69, 9.17) is 0 Å². The topological polar surface area (TPSA) is 72.8 Å². The number of aromatic hydroxyl groups is 2. The fourth-order valence-electron chi connectivity index (χ4n) is 6.78. The van der Waals surface area contributed by atoms with E-state index in [0.717, 1.165) is 61.9 Å². The summed E-state index contributed by atoms with van der Waals surface area (Å²) in [6, 6.07) is 31.3. The molecule has 45 heavy (non-hydrogen) atoms. The second-order valence-corrected chi connectivity index (χ2v) is 12.0. The molecule has 1 aliphatic rings. The largest absolute Gasteiger partial charge is 0.504 e. The maximum Gasteiger partial charge on any atom is 0.220 e. The minimum absolute atomic E-state index is 0. The molecule has 238 valence electrons. The third-order valence-electron chi connectivity index (χ3n) is 9.26. The fourth-order valence-corrected chi connectivity index (χ4v) is 6.78. The predicted octanol–water partition coefficient (Wildman–Crippen LogP) is 7.87. The number of fused-ring (bicyclic) bond motifs is 1. The highest BCUT2D eigenvalue weighted by Crippen LogP contribution is 2.42. The van der Waals surface area contributed by atoms with Crippen molar-refractivity contribution < 1.29 is 19.4 Å². The zero-order valence-electron chi connectivity index (χ0n) is 25.9. The van der Waals surface area contributed by atoms with Gasteiger partial charge in [0, 0.05) is 31.0 Å². The number of carbonyl (C=O) groups excluding carboxylic acids is 1. The van der Waals surface area contributed by atoms with Crippen LogP contribution in [0.5, 0.6) is 11.5 Å². The van der Waals surface area contributed by atoms with E-state index in [1.807, 2.05) is 0 Å². The second-order valence-electron chi connectivity index (χ2n) is 12.0. The molecule has 0 aliphatic carbocycles. The summed E-state index contributed by atoms with van der Waals surface area (Å²) in [6.45, 7) is 4.60. The van der Waals surface area contributed by atoms with Crippen LogP contribution >= 0.6 is 12.4 Å². The van der Waals surface area contributed by atoms with Crippen LogP contribution in [0.4, 0.5) is 4.39 Å². The maximum absolute atomic E-state index is 13.2. The molecule has 0 spiro atoms. The van der Waals surface area contributed by atoms with Crippen LogP contribution in [-0.2, 0) is 23.1 Å². The lowest BCUT2D eigenvalue weighted by atomic mass is 9.68. The Kier molecular flexibility index (Phi) is 12.0. The van der Waals surface area contributed by atoms with Crippen molar-refractivity contribution in [3.8, 4) is 11.5 Å². The van der Waals surface area contributed by atoms with Crippen LogP contribution in [0, 0.1) is 5.82 Å². The van der Waals surface area contributed by atoms with Gasteiger partial charge in [0.15, 0.2) is 11.5 Å². The van der Waals surface area contributed by atoms with Crippen molar-refractivity contribution in [3.63, 3.8) is 0 Å². The molecule has 1 atom stereocenters. The summed E-state index contributed by atoms with van der Waals surface area (Å²) in [6.07, 6.45) is 5.48. The van der Waals surface area contributed by atoms with Crippen LogP contribution in [0.25, 0.3) is 0 Å². The lowest BCUT2D eigenvalue weighted by Crippen LogP contribution is -2.36. The van der Waals surface area contributed by atoms with Gasteiger partial charge in [0.05, 0.1) is 0 Å². The first-order valence-electron chi connectivity index (χ1n) is 15.8. The van der Waals surface area contributed by atoms with Gasteiger partial charge in [0.25, 0.3) is 0 Å². The van der Waals surface area contributed by atoms with Crippen molar-refractivity contribution >= 4 is 18.3 Å². The number of hydrogen-bond donors (Lipinski definition) is 3. The first-order valence-corrected chi connectivity index (χ1v) is 15.8. The molecule has 0 saturated carbocycles. The molecule has 0 fully saturated rings. The van der Waals surface area contributed by atoms with Gasteiger partial charge in [-0.05, 0) is 104 Å². The zero-order chi connectivity index (χ0) is 30.9. The number of benzene rings is 4. The summed E-state index contributed by atoms with van der Waals surface area (Å²) in [4.78, 5) is 15.1. The Morgan fingerprint density at radius 2 is 1.49 bits per heavy atom. The van der Waals surface area contributed by atoms with E-state index >= 15 is 0 Å². The molecule has 1 unspecified atom stereocenters. The highest BCUT2D eigenvalue weighted by molar-refractivity contribution is 5.85. The van der Waals surface area contributed by atoms with Crippen LogP contribution in [0.2, 0.25) is 0 Å². The number of aryl methyl sites for hydroxylation is 1. The van der Waals surface area contributed by atoms with E-state index < -0.39 is 0 Å². The summed E-state index contributed by atoms with van der Waals surface area (Å²) in [7, 11) is 0. The Balaban J connectivity index is 0.00000461. The Bertz CT molecular complexity index is 1480. The van der Waals surface area contributed by atoms with Crippen LogP contribution < -0.4 is 5.32 Å². The quantitative estimate of drug-likeness (QED) is 0.104. The van der Waals surface area contributed by atoms with E-state index in [-0.39, 0.29) is 47.1 Å². The third-order valence-corrected chi connectivity index (χ3v) is 9.26. The van der Waals surface area contributed by atoms with Crippen LogP contribution in [0.15, 0.2) is 97.1 Å². The molecule has 1 heterocycles. The molecule has 0 radical (unpaired) electrons. The maximum atomic E-state index is 13.2. The van der Waals surface area contributed by atoms with E-state index in [1.54, 1.807) is 24.3 Å². The summed E-state index contributed by atoms with van der Waals surface area (Å²) in [5, 5.41) is 23.2. The Labute approximate surface area is 272 Å². The van der Waals surface area contributed by atoms with Crippen molar-refractivity contribution in [2.24, 2.45) is 0 Å². The molecule has 1 aliphatic heterocycles. The van der Waals surface area contributed by atoms with Crippen LogP contribution in [0.3, 0.4) is 0 Å². The molecular weight excluding hydrogens is 587 g/mol. The first kappa shape index (κ1) is 34.0. The van der Waals surface area contributed by atoms with Crippen molar-refractivity contribution in [2.75, 3.05) is 19.6 Å². The average Bonchev–Trinajstić information content (AvgIpc) is 3.05. The molecule has 5 nitrogen and oxygen atoms in total. The molecule has 0 bridgehead atoms. The Hall–Kier alpha value is -3.87. The number of phenolic OH excluding ortho intramolecular Hbond substituents is 2.